The third-order valence-electron chi connectivity index (χ3n) is 7.28. The molecular formula is C22H28ClN3O3S. The number of halogens is 1. The fraction of sp³-hybridized carbons (Fsp3) is 0.636. The van der Waals surface area contributed by atoms with Crippen molar-refractivity contribution in [2.45, 2.75) is 51.0 Å². The fourth-order valence-electron chi connectivity index (χ4n) is 5.26. The van der Waals surface area contributed by atoms with E-state index >= 15 is 0 Å². The van der Waals surface area contributed by atoms with Gasteiger partial charge < -0.3 is 14.6 Å². The van der Waals surface area contributed by atoms with Crippen molar-refractivity contribution in [3.63, 3.8) is 0 Å². The molecule has 3 aliphatic rings. The van der Waals surface area contributed by atoms with Gasteiger partial charge in [0.25, 0.3) is 6.01 Å². The lowest BCUT2D eigenvalue weighted by atomic mass is 9.67. The van der Waals surface area contributed by atoms with Crippen LogP contribution in [0.4, 0.5) is 6.01 Å². The number of hydrogen-bond donors (Lipinski definition) is 1. The molecule has 1 saturated carbocycles. The molecule has 1 aliphatic carbocycles. The first-order valence-electron chi connectivity index (χ1n) is 11.0. The summed E-state index contributed by atoms with van der Waals surface area (Å²) in [4.78, 5) is 19.3. The summed E-state index contributed by atoms with van der Waals surface area (Å²) in [7, 11) is -0.800. The lowest BCUT2D eigenvalue weighted by Gasteiger charge is -2.45. The predicted molar refractivity (Wildman–Crippen MR) is 119 cm³/mol. The zero-order valence-corrected chi connectivity index (χ0v) is 18.6. The lowest BCUT2D eigenvalue weighted by Crippen LogP contribution is -2.47. The first kappa shape index (κ1) is 20.3. The second-order valence-corrected chi connectivity index (χ2v) is 11.2. The van der Waals surface area contributed by atoms with Crippen LogP contribution in [0.5, 0.6) is 0 Å². The van der Waals surface area contributed by atoms with Gasteiger partial charge in [-0.15, -0.1) is 0 Å². The summed E-state index contributed by atoms with van der Waals surface area (Å²) in [5, 5.41) is 3.90. The molecular weight excluding hydrogens is 422 g/mol. The van der Waals surface area contributed by atoms with Gasteiger partial charge >= 0.3 is 0 Å². The maximum atomic E-state index is 12.4. The maximum Gasteiger partial charge on any atom is 0.298 e. The Hall–Kier alpha value is -1.60. The van der Waals surface area contributed by atoms with Crippen molar-refractivity contribution < 1.29 is 13.4 Å². The molecule has 1 spiro atoms. The minimum Gasteiger partial charge on any atom is -0.423 e. The number of piperidine rings is 1. The summed E-state index contributed by atoms with van der Waals surface area (Å²) in [5.41, 5.74) is 1.96. The average molecular weight is 450 g/mol. The Labute approximate surface area is 184 Å². The molecule has 2 saturated heterocycles. The Morgan fingerprint density at radius 3 is 2.67 bits per heavy atom. The third kappa shape index (κ3) is 4.11. The molecule has 2 atom stereocenters. The normalized spacial score (nSPS) is 27.0. The molecule has 0 bridgehead atoms. The van der Waals surface area contributed by atoms with Crippen molar-refractivity contribution in [2.75, 3.05) is 29.5 Å². The molecule has 2 unspecified atom stereocenters. The molecule has 162 valence electrons. The molecule has 0 radical (unpaired) electrons. The monoisotopic (exact) mass is 449 g/mol. The topological polar surface area (TPSA) is 75.4 Å². The van der Waals surface area contributed by atoms with Crippen LogP contribution >= 0.6 is 11.6 Å². The number of aromatic nitrogens is 1. The highest BCUT2D eigenvalue weighted by molar-refractivity contribution is 7.85. The van der Waals surface area contributed by atoms with Crippen molar-refractivity contribution in [3.8, 4) is 0 Å². The molecule has 1 N–H and O–H groups in total. The number of hydrogen-bond acceptors (Lipinski definition) is 5. The van der Waals surface area contributed by atoms with Crippen LogP contribution in [-0.4, -0.2) is 45.7 Å². The SMILES string of the molecule is O=C(NC1CCC2(CC1)CCN(c1nc3ccc(Cl)cc3o1)CC2)C1CCS(=O)C1. The van der Waals surface area contributed by atoms with Crippen LogP contribution in [0.3, 0.4) is 0 Å². The van der Waals surface area contributed by atoms with Crippen LogP contribution < -0.4 is 10.2 Å². The molecule has 2 aliphatic heterocycles. The largest absolute Gasteiger partial charge is 0.423 e. The van der Waals surface area contributed by atoms with E-state index in [4.69, 9.17) is 16.0 Å². The second kappa shape index (κ2) is 8.15. The average Bonchev–Trinajstić information content (AvgIpc) is 3.36. The molecule has 6 nitrogen and oxygen atoms in total. The predicted octanol–water partition coefficient (Wildman–Crippen LogP) is 3.90. The molecule has 30 heavy (non-hydrogen) atoms. The standard InChI is InChI=1S/C22H28ClN3O3S/c23-16-1-2-18-19(13-16)29-21(25-18)26-10-8-22(9-11-26)6-3-17(4-7-22)24-20(27)15-5-12-30(28)14-15/h1-2,13,15,17H,3-12,14H2,(H,24,27). The number of anilines is 1. The van der Waals surface area contributed by atoms with Gasteiger partial charge in [-0.3, -0.25) is 9.00 Å². The highest BCUT2D eigenvalue weighted by atomic mass is 35.5. The minimum absolute atomic E-state index is 0.0452. The van der Waals surface area contributed by atoms with Gasteiger partial charge in [-0.25, -0.2) is 0 Å². The van der Waals surface area contributed by atoms with E-state index in [0.29, 0.717) is 28.0 Å². The van der Waals surface area contributed by atoms with Gasteiger partial charge in [-0.2, -0.15) is 4.98 Å². The number of rotatable bonds is 3. The molecule has 3 fully saturated rings. The van der Waals surface area contributed by atoms with Crippen LogP contribution in [0.15, 0.2) is 22.6 Å². The highest BCUT2D eigenvalue weighted by Crippen LogP contribution is 2.45. The summed E-state index contributed by atoms with van der Waals surface area (Å²) in [6.07, 6.45) is 7.44. The van der Waals surface area contributed by atoms with Gasteiger partial charge in [0, 0.05) is 52.5 Å². The maximum absolute atomic E-state index is 12.4. The second-order valence-electron chi connectivity index (χ2n) is 9.17. The number of amides is 1. The van der Waals surface area contributed by atoms with E-state index < -0.39 is 10.8 Å². The quantitative estimate of drug-likeness (QED) is 0.769. The summed E-state index contributed by atoms with van der Waals surface area (Å²) < 4.78 is 17.5. The van der Waals surface area contributed by atoms with E-state index in [1.54, 1.807) is 0 Å². The summed E-state index contributed by atoms with van der Waals surface area (Å²) >= 11 is 6.06. The highest BCUT2D eigenvalue weighted by Gasteiger charge is 2.39. The Morgan fingerprint density at radius 2 is 1.97 bits per heavy atom. The Balaban J connectivity index is 1.14. The molecule has 3 heterocycles. The third-order valence-corrected chi connectivity index (χ3v) is 8.98. The van der Waals surface area contributed by atoms with Crippen molar-refractivity contribution in [2.24, 2.45) is 11.3 Å². The van der Waals surface area contributed by atoms with Gasteiger partial charge in [-0.05, 0) is 62.5 Å². The number of benzene rings is 1. The fourth-order valence-corrected chi connectivity index (χ4v) is 6.90. The lowest BCUT2D eigenvalue weighted by molar-refractivity contribution is -0.125. The number of oxazole rings is 1. The van der Waals surface area contributed by atoms with E-state index in [1.165, 1.54) is 0 Å². The Kier molecular flexibility index (Phi) is 5.52. The summed E-state index contributed by atoms with van der Waals surface area (Å²) in [6.45, 7) is 1.90. The van der Waals surface area contributed by atoms with Gasteiger partial charge in [0.2, 0.25) is 5.91 Å². The minimum atomic E-state index is -0.800. The van der Waals surface area contributed by atoms with E-state index in [2.05, 4.69) is 15.2 Å². The van der Waals surface area contributed by atoms with Crippen LogP contribution in [0.2, 0.25) is 5.02 Å². The number of nitrogens with one attached hydrogen (secondary N) is 1. The van der Waals surface area contributed by atoms with Crippen molar-refractivity contribution in [3.05, 3.63) is 23.2 Å². The van der Waals surface area contributed by atoms with Gasteiger partial charge in [0.15, 0.2) is 5.58 Å². The summed E-state index contributed by atoms with van der Waals surface area (Å²) in [6, 6.07) is 6.52. The Morgan fingerprint density at radius 1 is 1.20 bits per heavy atom. The zero-order valence-electron chi connectivity index (χ0n) is 17.1. The van der Waals surface area contributed by atoms with E-state index in [-0.39, 0.29) is 17.9 Å². The van der Waals surface area contributed by atoms with Crippen molar-refractivity contribution in [1.29, 1.82) is 0 Å². The smallest absolute Gasteiger partial charge is 0.298 e. The van der Waals surface area contributed by atoms with Gasteiger partial charge in [0.1, 0.15) is 5.52 Å². The van der Waals surface area contributed by atoms with Crippen LogP contribution in [0, 0.1) is 11.3 Å². The molecule has 2 aromatic rings. The molecule has 5 rings (SSSR count). The van der Waals surface area contributed by atoms with Crippen molar-refractivity contribution >= 4 is 45.4 Å². The summed E-state index contributed by atoms with van der Waals surface area (Å²) in [5.74, 6) is 1.29. The molecule has 8 heteroatoms. The Bertz CT molecular complexity index is 960. The van der Waals surface area contributed by atoms with Gasteiger partial charge in [0.05, 0.1) is 5.92 Å². The van der Waals surface area contributed by atoms with E-state index in [1.807, 2.05) is 18.2 Å². The van der Waals surface area contributed by atoms with E-state index in [9.17, 15) is 9.00 Å². The molecule has 1 aromatic heterocycles. The number of carbonyl (C=O) groups is 1. The zero-order chi connectivity index (χ0) is 20.7. The van der Waals surface area contributed by atoms with Gasteiger partial charge in [-0.1, -0.05) is 11.6 Å². The molecule has 1 amide bonds. The number of carbonyl (C=O) groups excluding carboxylic acids is 1. The van der Waals surface area contributed by atoms with Crippen LogP contribution in [0.25, 0.3) is 11.1 Å². The van der Waals surface area contributed by atoms with E-state index in [0.717, 1.165) is 69.1 Å². The van der Waals surface area contributed by atoms with Crippen LogP contribution in [0.1, 0.15) is 44.9 Å². The number of nitrogens with zero attached hydrogens (tertiary/aromatic N) is 2. The molecule has 1 aromatic carbocycles. The first-order valence-corrected chi connectivity index (χ1v) is 12.8. The number of fused-ring (bicyclic) bond motifs is 1. The van der Waals surface area contributed by atoms with Crippen molar-refractivity contribution in [1.82, 2.24) is 10.3 Å². The first-order chi connectivity index (χ1) is 14.5. The van der Waals surface area contributed by atoms with Crippen LogP contribution in [-0.2, 0) is 15.6 Å².